The number of fused-ring (bicyclic) bond motifs is 1. The highest BCUT2D eigenvalue weighted by atomic mass is 16.7. The summed E-state index contributed by atoms with van der Waals surface area (Å²) >= 11 is 0. The number of aliphatic hydroxyl groups is 1. The Morgan fingerprint density at radius 1 is 1.56 bits per heavy atom. The maximum Gasteiger partial charge on any atom is 0.231 e. The lowest BCUT2D eigenvalue weighted by Crippen LogP contribution is -2.18. The first-order valence-electron chi connectivity index (χ1n) is 3.15. The summed E-state index contributed by atoms with van der Waals surface area (Å²) in [4.78, 5) is 0. The molecule has 3 atom stereocenters. The van der Waals surface area contributed by atoms with Crippen LogP contribution in [0, 0.1) is 12.5 Å². The van der Waals surface area contributed by atoms with Crippen LogP contribution >= 0.6 is 0 Å². The fourth-order valence-electron chi connectivity index (χ4n) is 1.29. The fourth-order valence-corrected chi connectivity index (χ4v) is 1.29. The average molecular weight is 129 g/mol. The molecule has 0 radical (unpaired) electrons. The molecule has 0 aliphatic carbocycles. The minimum absolute atomic E-state index is 0.153. The quantitative estimate of drug-likeness (QED) is 0.464. The third-order valence-electron chi connectivity index (χ3n) is 1.87. The van der Waals surface area contributed by atoms with Crippen LogP contribution in [0.3, 0.4) is 0 Å². The Labute approximate surface area is 53.6 Å². The number of hydrogen-bond donors (Lipinski definition) is 1. The molecule has 3 heteroatoms. The molecule has 9 heavy (non-hydrogen) atoms. The summed E-state index contributed by atoms with van der Waals surface area (Å²) in [5, 5.41) is 9.17. The van der Waals surface area contributed by atoms with Crippen LogP contribution in [0.15, 0.2) is 0 Å². The largest absolute Gasteiger partial charge is 0.390 e. The normalized spacial score (nSPS) is 48.8. The molecule has 0 saturated carbocycles. The van der Waals surface area contributed by atoms with Crippen molar-refractivity contribution in [1.82, 2.24) is 0 Å². The Bertz CT molecular complexity index is 115. The van der Waals surface area contributed by atoms with E-state index in [0.717, 1.165) is 6.42 Å². The van der Waals surface area contributed by atoms with Gasteiger partial charge in [-0.1, -0.05) is 0 Å². The Morgan fingerprint density at radius 3 is 3.22 bits per heavy atom. The Morgan fingerprint density at radius 2 is 2.44 bits per heavy atom. The SMILES string of the molecule is O[C@H]1CO[C@H]2O[CH+]C[C@H]21. The van der Waals surface area contributed by atoms with Crippen molar-refractivity contribution in [2.75, 3.05) is 6.61 Å². The van der Waals surface area contributed by atoms with Gasteiger partial charge in [-0.3, -0.25) is 0 Å². The first kappa shape index (κ1) is 5.53. The zero-order valence-corrected chi connectivity index (χ0v) is 4.99. The Balaban J connectivity index is 2.07. The number of aliphatic hydroxyl groups excluding tert-OH is 1. The summed E-state index contributed by atoms with van der Waals surface area (Å²) in [6, 6.07) is 0. The molecule has 2 heterocycles. The second-order valence-corrected chi connectivity index (χ2v) is 2.47. The second kappa shape index (κ2) is 1.87. The van der Waals surface area contributed by atoms with E-state index < -0.39 is 0 Å². The summed E-state index contributed by atoms with van der Waals surface area (Å²) in [6.45, 7) is 2.14. The van der Waals surface area contributed by atoms with Gasteiger partial charge in [0.25, 0.3) is 0 Å². The van der Waals surface area contributed by atoms with Crippen molar-refractivity contribution in [2.24, 2.45) is 5.92 Å². The van der Waals surface area contributed by atoms with Crippen LogP contribution in [0.1, 0.15) is 6.42 Å². The van der Waals surface area contributed by atoms with Gasteiger partial charge in [0.1, 0.15) is 6.42 Å². The van der Waals surface area contributed by atoms with Crippen LogP contribution < -0.4 is 0 Å². The van der Waals surface area contributed by atoms with E-state index in [1.807, 2.05) is 0 Å². The molecule has 1 N–H and O–H groups in total. The second-order valence-electron chi connectivity index (χ2n) is 2.47. The van der Waals surface area contributed by atoms with Crippen LogP contribution in [-0.4, -0.2) is 24.1 Å². The van der Waals surface area contributed by atoms with Gasteiger partial charge in [0.05, 0.1) is 18.6 Å². The first-order valence-corrected chi connectivity index (χ1v) is 3.15. The minimum Gasteiger partial charge on any atom is -0.390 e. The first-order chi connectivity index (χ1) is 4.38. The topological polar surface area (TPSA) is 38.7 Å². The third-order valence-corrected chi connectivity index (χ3v) is 1.87. The number of rotatable bonds is 0. The van der Waals surface area contributed by atoms with E-state index in [1.165, 1.54) is 0 Å². The van der Waals surface area contributed by atoms with Crippen molar-refractivity contribution in [1.29, 1.82) is 0 Å². The van der Waals surface area contributed by atoms with E-state index in [0.29, 0.717) is 6.61 Å². The highest BCUT2D eigenvalue weighted by Gasteiger charge is 2.46. The lowest BCUT2D eigenvalue weighted by atomic mass is 10.0. The van der Waals surface area contributed by atoms with Crippen LogP contribution in [0.5, 0.6) is 0 Å². The van der Waals surface area contributed by atoms with Crippen molar-refractivity contribution >= 4 is 0 Å². The molecular weight excluding hydrogens is 120 g/mol. The van der Waals surface area contributed by atoms with Crippen molar-refractivity contribution < 1.29 is 14.6 Å². The summed E-state index contributed by atoms with van der Waals surface area (Å²) < 4.78 is 10.1. The van der Waals surface area contributed by atoms with Gasteiger partial charge in [-0.05, 0) is 0 Å². The molecule has 0 aromatic carbocycles. The maximum absolute atomic E-state index is 9.17. The van der Waals surface area contributed by atoms with Gasteiger partial charge in [-0.15, -0.1) is 0 Å². The van der Waals surface area contributed by atoms with E-state index in [4.69, 9.17) is 9.47 Å². The smallest absolute Gasteiger partial charge is 0.231 e. The summed E-state index contributed by atoms with van der Waals surface area (Å²) in [5.74, 6) is 0.199. The molecule has 2 rings (SSSR count). The highest BCUT2D eigenvalue weighted by molar-refractivity contribution is 4.86. The number of hydrogen-bond acceptors (Lipinski definition) is 3. The Hall–Kier alpha value is -0.250. The van der Waals surface area contributed by atoms with E-state index in [2.05, 4.69) is 0 Å². The van der Waals surface area contributed by atoms with E-state index in [1.54, 1.807) is 6.61 Å². The molecule has 0 amide bonds. The van der Waals surface area contributed by atoms with Crippen molar-refractivity contribution in [2.45, 2.75) is 18.8 Å². The monoisotopic (exact) mass is 129 g/mol. The molecule has 2 aliphatic heterocycles. The zero-order chi connectivity index (χ0) is 6.27. The highest BCUT2D eigenvalue weighted by Crippen LogP contribution is 2.32. The van der Waals surface area contributed by atoms with Gasteiger partial charge >= 0.3 is 0 Å². The van der Waals surface area contributed by atoms with Crippen molar-refractivity contribution in [3.63, 3.8) is 0 Å². The summed E-state index contributed by atoms with van der Waals surface area (Å²) in [6.07, 6.45) is 0.361. The summed E-state index contributed by atoms with van der Waals surface area (Å²) in [5.41, 5.74) is 0. The standard InChI is InChI=1S/C6H9O3/c7-5-3-9-6-4(5)1-2-8-6/h2,4-7H,1,3H2/q+1/t4-,5-,6+/m0/s1. The molecule has 3 nitrogen and oxygen atoms in total. The van der Waals surface area contributed by atoms with Crippen molar-refractivity contribution in [3.05, 3.63) is 6.61 Å². The molecule has 0 bridgehead atoms. The van der Waals surface area contributed by atoms with Gasteiger partial charge < -0.3 is 9.84 Å². The molecular formula is C6H9O3+. The van der Waals surface area contributed by atoms with E-state index >= 15 is 0 Å². The van der Waals surface area contributed by atoms with E-state index in [-0.39, 0.29) is 18.3 Å². The van der Waals surface area contributed by atoms with E-state index in [9.17, 15) is 5.11 Å². The predicted molar refractivity (Wildman–Crippen MR) is 29.2 cm³/mol. The molecule has 0 unspecified atom stereocenters. The molecule has 2 saturated heterocycles. The Kier molecular flexibility index (Phi) is 1.15. The molecule has 2 aliphatic rings. The molecule has 2 fully saturated rings. The summed E-state index contributed by atoms with van der Waals surface area (Å²) in [7, 11) is 0. The van der Waals surface area contributed by atoms with Gasteiger partial charge in [-0.25, -0.2) is 0 Å². The predicted octanol–water partition coefficient (Wildman–Crippen LogP) is -0.0981. The fraction of sp³-hybridized carbons (Fsp3) is 0.833. The van der Waals surface area contributed by atoms with Crippen LogP contribution in [0.2, 0.25) is 0 Å². The molecule has 0 aromatic rings. The zero-order valence-electron chi connectivity index (χ0n) is 4.99. The van der Waals surface area contributed by atoms with Gasteiger partial charge in [0.2, 0.25) is 12.9 Å². The van der Waals surface area contributed by atoms with Crippen LogP contribution in [-0.2, 0) is 9.47 Å². The van der Waals surface area contributed by atoms with Gasteiger partial charge in [-0.2, -0.15) is 4.74 Å². The number of ether oxygens (including phenoxy) is 2. The third kappa shape index (κ3) is 0.729. The van der Waals surface area contributed by atoms with Gasteiger partial charge in [0.15, 0.2) is 0 Å². The molecule has 0 aromatic heterocycles. The lowest BCUT2D eigenvalue weighted by molar-refractivity contribution is -0.0741. The molecule has 0 spiro atoms. The lowest BCUT2D eigenvalue weighted by Gasteiger charge is -2.01. The maximum atomic E-state index is 9.17. The average Bonchev–Trinajstić information content (AvgIpc) is 2.35. The van der Waals surface area contributed by atoms with Crippen molar-refractivity contribution in [3.8, 4) is 0 Å². The molecule has 50 valence electrons. The van der Waals surface area contributed by atoms with Crippen LogP contribution in [0.4, 0.5) is 0 Å². The minimum atomic E-state index is -0.311. The van der Waals surface area contributed by atoms with Crippen LogP contribution in [0.25, 0.3) is 0 Å². The van der Waals surface area contributed by atoms with Gasteiger partial charge in [0, 0.05) is 0 Å².